The van der Waals surface area contributed by atoms with Gasteiger partial charge >= 0.3 is 29.8 Å². The highest BCUT2D eigenvalue weighted by Crippen LogP contribution is 2.32. The Morgan fingerprint density at radius 1 is 0.581 bits per heavy atom. The van der Waals surface area contributed by atoms with Gasteiger partial charge in [-0.3, -0.25) is 38.4 Å². The van der Waals surface area contributed by atoms with Crippen LogP contribution in [-0.4, -0.2) is 169 Å². The first-order valence-electron chi connectivity index (χ1n) is 20.4. The largest absolute Gasteiger partial charge is 0.463 e. The first kappa shape index (κ1) is 53.6. The summed E-state index contributed by atoms with van der Waals surface area (Å²) in [6.45, 7) is 11.2. The fraction of sp³-hybridized carbons (Fsp3) is 0.795. The number of ether oxygens (including phenoxy) is 11. The maximum absolute atomic E-state index is 12.5. The van der Waals surface area contributed by atoms with E-state index in [4.69, 9.17) is 57.8 Å². The third kappa shape index (κ3) is 20.1. The zero-order valence-corrected chi connectivity index (χ0v) is 36.7. The second-order valence-corrected chi connectivity index (χ2v) is 14.6. The van der Waals surface area contributed by atoms with Gasteiger partial charge in [0.2, 0.25) is 17.7 Å². The Hall–Kier alpha value is -4.52. The Morgan fingerprint density at radius 3 is 1.63 bits per heavy atom. The van der Waals surface area contributed by atoms with Crippen LogP contribution in [0.2, 0.25) is 0 Å². The number of nitrogens with one attached hydrogen (secondary N) is 3. The standard InChI is InChI=1S/C39H64N4O19/c1-21-30(19-56-24(4)45)61-39(33(43-23(3)44)34(21)58-26(6)47)55-18-16-53-14-12-42-37(51)29(40)9-10-32(50)41-11-13-52-15-17-54-38-22(2)35(59-27(7)48)36(60-28(8)49)31(62-38)20-57-25(5)46/h21-22,29-31,33-36,38-39H,9-20,40H2,1-8H3,(H,41,50)(H,42,51)(H,43,44). The summed E-state index contributed by atoms with van der Waals surface area (Å²) in [5.41, 5.74) is 5.97. The molecule has 23 heteroatoms. The number of carbonyl (C=O) groups is 8. The summed E-state index contributed by atoms with van der Waals surface area (Å²) >= 11 is 0. The van der Waals surface area contributed by atoms with E-state index in [1.807, 2.05) is 0 Å². The highest BCUT2D eigenvalue weighted by Gasteiger charge is 2.49. The third-order valence-corrected chi connectivity index (χ3v) is 9.34. The summed E-state index contributed by atoms with van der Waals surface area (Å²) in [6, 6.07) is -1.81. The van der Waals surface area contributed by atoms with Gasteiger partial charge in [-0.15, -0.1) is 0 Å². The van der Waals surface area contributed by atoms with Crippen molar-refractivity contribution in [3.63, 3.8) is 0 Å². The summed E-state index contributed by atoms with van der Waals surface area (Å²) in [6.07, 6.45) is -6.43. The molecule has 0 aromatic rings. The maximum atomic E-state index is 12.5. The van der Waals surface area contributed by atoms with E-state index in [-0.39, 0.29) is 84.7 Å². The Kier molecular flexibility index (Phi) is 24.4. The van der Waals surface area contributed by atoms with Gasteiger partial charge in [0.1, 0.15) is 43.7 Å². The first-order valence-corrected chi connectivity index (χ1v) is 20.4. The molecule has 2 fully saturated rings. The Morgan fingerprint density at radius 2 is 1.08 bits per heavy atom. The zero-order chi connectivity index (χ0) is 46.4. The Balaban J connectivity index is 1.66. The third-order valence-electron chi connectivity index (χ3n) is 9.34. The molecule has 0 aromatic heterocycles. The van der Waals surface area contributed by atoms with Crippen LogP contribution in [0.1, 0.15) is 68.2 Å². The van der Waals surface area contributed by atoms with Crippen LogP contribution in [0.5, 0.6) is 0 Å². The van der Waals surface area contributed by atoms with Crippen molar-refractivity contribution in [3.05, 3.63) is 0 Å². The fourth-order valence-corrected chi connectivity index (χ4v) is 6.43. The van der Waals surface area contributed by atoms with E-state index in [9.17, 15) is 38.4 Å². The fourth-order valence-electron chi connectivity index (χ4n) is 6.43. The topological polar surface area (TPSA) is 300 Å². The van der Waals surface area contributed by atoms with Gasteiger partial charge in [0.05, 0.1) is 45.7 Å². The van der Waals surface area contributed by atoms with Gasteiger partial charge in [-0.25, -0.2) is 0 Å². The van der Waals surface area contributed by atoms with Crippen molar-refractivity contribution < 1.29 is 90.5 Å². The van der Waals surface area contributed by atoms with Crippen LogP contribution in [0.3, 0.4) is 0 Å². The lowest BCUT2D eigenvalue weighted by atomic mass is 9.89. The molecular formula is C39H64N4O19. The monoisotopic (exact) mass is 892 g/mol. The minimum atomic E-state index is -1.07. The number of amides is 3. The number of nitrogens with two attached hydrogens (primary N) is 1. The molecule has 0 radical (unpaired) electrons. The quantitative estimate of drug-likeness (QED) is 0.0438. The molecule has 0 spiro atoms. The molecule has 3 amide bonds. The number of hydrogen-bond acceptors (Lipinski definition) is 20. The highest BCUT2D eigenvalue weighted by molar-refractivity contribution is 5.83. The van der Waals surface area contributed by atoms with Crippen molar-refractivity contribution in [1.82, 2.24) is 16.0 Å². The zero-order valence-electron chi connectivity index (χ0n) is 36.7. The van der Waals surface area contributed by atoms with Crippen LogP contribution in [0.4, 0.5) is 0 Å². The molecule has 11 atom stereocenters. The minimum Gasteiger partial charge on any atom is -0.463 e. The lowest BCUT2D eigenvalue weighted by molar-refractivity contribution is -0.290. The Bertz CT molecular complexity index is 1480. The second-order valence-electron chi connectivity index (χ2n) is 14.6. The molecule has 0 aliphatic carbocycles. The van der Waals surface area contributed by atoms with Crippen LogP contribution in [0.15, 0.2) is 0 Å². The average molecular weight is 893 g/mol. The normalized spacial score (nSPS) is 26.2. The molecule has 2 aliphatic heterocycles. The van der Waals surface area contributed by atoms with Gasteiger partial charge < -0.3 is 73.8 Å². The summed E-state index contributed by atoms with van der Waals surface area (Å²) in [5.74, 6) is -5.19. The molecular weight excluding hydrogens is 828 g/mol. The minimum absolute atomic E-state index is 0.00112. The van der Waals surface area contributed by atoms with Crippen molar-refractivity contribution >= 4 is 47.6 Å². The van der Waals surface area contributed by atoms with Crippen LogP contribution < -0.4 is 21.7 Å². The van der Waals surface area contributed by atoms with E-state index in [2.05, 4.69) is 16.0 Å². The van der Waals surface area contributed by atoms with Crippen LogP contribution in [-0.2, 0) is 90.5 Å². The van der Waals surface area contributed by atoms with Gasteiger partial charge in [0, 0.05) is 72.9 Å². The van der Waals surface area contributed by atoms with Crippen LogP contribution in [0.25, 0.3) is 0 Å². The predicted octanol–water partition coefficient (Wildman–Crippen LogP) is -1.46. The van der Waals surface area contributed by atoms with E-state index in [0.717, 1.165) is 0 Å². The molecule has 2 aliphatic rings. The molecule has 0 saturated carbocycles. The summed E-state index contributed by atoms with van der Waals surface area (Å²) in [7, 11) is 0. The van der Waals surface area contributed by atoms with E-state index in [1.54, 1.807) is 13.8 Å². The van der Waals surface area contributed by atoms with E-state index >= 15 is 0 Å². The number of hydrogen-bond donors (Lipinski definition) is 4. The van der Waals surface area contributed by atoms with E-state index in [1.165, 1.54) is 41.5 Å². The predicted molar refractivity (Wildman–Crippen MR) is 210 cm³/mol. The molecule has 2 rings (SSSR count). The van der Waals surface area contributed by atoms with Gasteiger partial charge in [-0.2, -0.15) is 0 Å². The van der Waals surface area contributed by atoms with Gasteiger partial charge in [-0.05, 0) is 6.42 Å². The second kappa shape index (κ2) is 28.2. The van der Waals surface area contributed by atoms with Crippen molar-refractivity contribution in [2.45, 2.75) is 123 Å². The molecule has 11 unspecified atom stereocenters. The lowest BCUT2D eigenvalue weighted by Crippen LogP contribution is -2.63. The molecule has 2 heterocycles. The average Bonchev–Trinajstić information content (AvgIpc) is 3.18. The molecule has 5 N–H and O–H groups in total. The van der Waals surface area contributed by atoms with E-state index in [0.29, 0.717) is 0 Å². The molecule has 0 aromatic carbocycles. The summed E-state index contributed by atoms with van der Waals surface area (Å²) in [4.78, 5) is 95.1. The van der Waals surface area contributed by atoms with Crippen molar-refractivity contribution in [1.29, 1.82) is 0 Å². The van der Waals surface area contributed by atoms with Crippen molar-refractivity contribution in [2.75, 3.05) is 65.9 Å². The molecule has 2 saturated heterocycles. The van der Waals surface area contributed by atoms with Gasteiger partial charge in [-0.1, -0.05) is 13.8 Å². The smallest absolute Gasteiger partial charge is 0.303 e. The number of rotatable bonds is 26. The van der Waals surface area contributed by atoms with Crippen molar-refractivity contribution in [3.8, 4) is 0 Å². The Labute approximate surface area is 360 Å². The highest BCUT2D eigenvalue weighted by atomic mass is 16.7. The summed E-state index contributed by atoms with van der Waals surface area (Å²) in [5, 5.41) is 8.03. The number of esters is 5. The molecule has 23 nitrogen and oxygen atoms in total. The molecule has 0 bridgehead atoms. The lowest BCUT2D eigenvalue weighted by Gasteiger charge is -2.44. The van der Waals surface area contributed by atoms with Crippen molar-refractivity contribution in [2.24, 2.45) is 17.6 Å². The first-order chi connectivity index (χ1) is 29.3. The molecule has 62 heavy (non-hydrogen) atoms. The van der Waals surface area contributed by atoms with Gasteiger partial charge in [0.15, 0.2) is 18.7 Å². The SMILES string of the molecule is CC(=O)NC1C(OCCOCCNC(=O)C(N)CCC(=O)NCCOCCOC2OC(COC(C)=O)C(OC(C)=O)C(OC(C)=O)C2C)OC(COC(C)=O)C(C)C1OC(C)=O. The van der Waals surface area contributed by atoms with Crippen LogP contribution >= 0.6 is 0 Å². The maximum Gasteiger partial charge on any atom is 0.303 e. The molecule has 354 valence electrons. The number of carbonyl (C=O) groups excluding carboxylic acids is 8. The van der Waals surface area contributed by atoms with E-state index < -0.39 is 109 Å². The van der Waals surface area contributed by atoms with Gasteiger partial charge in [0.25, 0.3) is 0 Å². The summed E-state index contributed by atoms with van der Waals surface area (Å²) < 4.78 is 61.1. The van der Waals surface area contributed by atoms with Crippen LogP contribution in [0, 0.1) is 11.8 Å².